The van der Waals surface area contributed by atoms with Crippen molar-refractivity contribution >= 4 is 35.3 Å². The number of nitrogens with one attached hydrogen (secondary N) is 2. The number of benzene rings is 1. The standard InChI is InChI=1S/C25H33N5O5.C2HF3O2/c26-24(27)18-7-5-17(6-8-18)20-11-19(35-29-20)12-22(31)28-21(13-23(32)33)25(34)30-10-9-15-1-3-16(14-30)4-2-15;3-2(4,5)1(6)7/h5-8,15-16,19,21H,1-4,9-14H2,(H3,26,27)(H,28,31)(H,32,33);(H,6,7)/t15?,16?,19?,21-;/m0./s1. The third-order valence-electron chi connectivity index (χ3n) is 7.49. The SMILES string of the molecule is N=C(N)c1ccc(C2=NOC(CC(=O)N[C@@H](CC(=O)O)C(=O)N3CCC4CCC(CC4)C3)C2)cc1.O=C(O)C(F)(F)F. The van der Waals surface area contributed by atoms with E-state index in [9.17, 15) is 32.7 Å². The molecular weight excluding hydrogens is 563 g/mol. The van der Waals surface area contributed by atoms with Crippen LogP contribution in [0.4, 0.5) is 13.2 Å². The number of halogens is 3. The highest BCUT2D eigenvalue weighted by Gasteiger charge is 2.38. The summed E-state index contributed by atoms with van der Waals surface area (Å²) in [6, 6.07) is 5.93. The fourth-order valence-corrected chi connectivity index (χ4v) is 5.25. The van der Waals surface area contributed by atoms with Gasteiger partial charge in [-0.25, -0.2) is 4.79 Å². The average molecular weight is 598 g/mol. The van der Waals surface area contributed by atoms with Gasteiger partial charge in [-0.1, -0.05) is 42.3 Å². The maximum atomic E-state index is 13.2. The zero-order valence-corrected chi connectivity index (χ0v) is 22.7. The molecule has 1 saturated carbocycles. The van der Waals surface area contributed by atoms with Gasteiger partial charge in [-0.2, -0.15) is 13.2 Å². The minimum atomic E-state index is -5.08. The Morgan fingerprint density at radius 3 is 2.21 bits per heavy atom. The highest BCUT2D eigenvalue weighted by atomic mass is 19.4. The number of hydrogen-bond donors (Lipinski definition) is 5. The molecule has 1 aliphatic carbocycles. The van der Waals surface area contributed by atoms with Crippen LogP contribution in [0.15, 0.2) is 29.4 Å². The number of oxime groups is 1. The van der Waals surface area contributed by atoms with Crippen molar-refractivity contribution in [2.24, 2.45) is 22.7 Å². The normalized spacial score (nSPS) is 22.3. The molecule has 4 aliphatic rings. The van der Waals surface area contributed by atoms with E-state index in [2.05, 4.69) is 10.5 Å². The maximum Gasteiger partial charge on any atom is 0.490 e. The summed E-state index contributed by atoms with van der Waals surface area (Å²) >= 11 is 0. The fourth-order valence-electron chi connectivity index (χ4n) is 5.25. The van der Waals surface area contributed by atoms with E-state index in [1.165, 1.54) is 12.8 Å². The first kappa shape index (κ1) is 32.3. The molecule has 1 aromatic rings. The van der Waals surface area contributed by atoms with Gasteiger partial charge in [-0.05, 0) is 36.7 Å². The van der Waals surface area contributed by atoms with Crippen molar-refractivity contribution in [1.82, 2.24) is 10.2 Å². The first-order valence-corrected chi connectivity index (χ1v) is 13.5. The number of nitrogens with two attached hydrogens (primary N) is 1. The first-order chi connectivity index (χ1) is 19.7. The van der Waals surface area contributed by atoms with Gasteiger partial charge >= 0.3 is 18.1 Å². The summed E-state index contributed by atoms with van der Waals surface area (Å²) in [5.41, 5.74) is 7.57. The van der Waals surface area contributed by atoms with Crippen LogP contribution in [0.25, 0.3) is 0 Å². The highest BCUT2D eigenvalue weighted by Crippen LogP contribution is 2.34. The van der Waals surface area contributed by atoms with Gasteiger partial charge in [0.25, 0.3) is 0 Å². The van der Waals surface area contributed by atoms with Crippen LogP contribution in [0, 0.1) is 17.2 Å². The summed E-state index contributed by atoms with van der Waals surface area (Å²) < 4.78 is 31.7. The lowest BCUT2D eigenvalue weighted by molar-refractivity contribution is -0.192. The number of carboxylic acids is 2. The summed E-state index contributed by atoms with van der Waals surface area (Å²) in [4.78, 5) is 53.5. The lowest BCUT2D eigenvalue weighted by atomic mass is 9.78. The number of carbonyl (C=O) groups excluding carboxylic acids is 2. The number of amides is 2. The minimum Gasteiger partial charge on any atom is -0.481 e. The second-order valence-electron chi connectivity index (χ2n) is 10.6. The van der Waals surface area contributed by atoms with E-state index in [1.54, 1.807) is 29.2 Å². The molecule has 15 heteroatoms. The van der Waals surface area contributed by atoms with E-state index in [0.29, 0.717) is 42.6 Å². The van der Waals surface area contributed by atoms with E-state index >= 15 is 0 Å². The molecule has 2 bridgehead atoms. The Morgan fingerprint density at radius 1 is 1.07 bits per heavy atom. The number of alkyl halides is 3. The highest BCUT2D eigenvalue weighted by molar-refractivity contribution is 6.03. The van der Waals surface area contributed by atoms with Crippen molar-refractivity contribution in [3.63, 3.8) is 0 Å². The summed E-state index contributed by atoms with van der Waals surface area (Å²) in [5, 5.41) is 30.7. The second-order valence-corrected chi connectivity index (χ2v) is 10.6. The summed E-state index contributed by atoms with van der Waals surface area (Å²) in [5.74, 6) is -3.59. The van der Waals surface area contributed by atoms with E-state index in [1.807, 2.05) is 0 Å². The van der Waals surface area contributed by atoms with Crippen molar-refractivity contribution in [3.8, 4) is 0 Å². The molecule has 12 nitrogen and oxygen atoms in total. The predicted octanol–water partition coefficient (Wildman–Crippen LogP) is 2.49. The van der Waals surface area contributed by atoms with E-state index in [0.717, 1.165) is 24.8 Å². The lowest BCUT2D eigenvalue weighted by Crippen LogP contribution is -2.52. The Hall–Kier alpha value is -4.17. The third kappa shape index (κ3) is 9.45. The number of aliphatic carboxylic acids is 2. The van der Waals surface area contributed by atoms with Crippen LogP contribution in [0.1, 0.15) is 62.5 Å². The van der Waals surface area contributed by atoms with Crippen molar-refractivity contribution in [2.75, 3.05) is 13.1 Å². The molecule has 3 aliphatic heterocycles. The molecule has 6 N–H and O–H groups in total. The van der Waals surface area contributed by atoms with E-state index < -0.39 is 42.6 Å². The minimum absolute atomic E-state index is 0.0237. The Morgan fingerprint density at radius 2 is 1.67 bits per heavy atom. The van der Waals surface area contributed by atoms with Gasteiger partial charge in [0.15, 0.2) is 0 Å². The molecule has 0 radical (unpaired) electrons. The Bertz CT molecular complexity index is 1200. The molecule has 5 rings (SSSR count). The maximum absolute atomic E-state index is 13.2. The molecule has 3 fully saturated rings. The van der Waals surface area contributed by atoms with Gasteiger partial charge in [0.1, 0.15) is 18.0 Å². The van der Waals surface area contributed by atoms with Crippen LogP contribution in [0.5, 0.6) is 0 Å². The number of nitrogen functional groups attached to an aromatic ring is 1. The summed E-state index contributed by atoms with van der Waals surface area (Å²) in [7, 11) is 0. The van der Waals surface area contributed by atoms with Gasteiger partial charge < -0.3 is 31.0 Å². The van der Waals surface area contributed by atoms with Crippen LogP contribution >= 0.6 is 0 Å². The zero-order chi connectivity index (χ0) is 31.0. The summed E-state index contributed by atoms with van der Waals surface area (Å²) in [6.45, 7) is 1.24. The number of hydrogen-bond acceptors (Lipinski definition) is 7. The zero-order valence-electron chi connectivity index (χ0n) is 22.7. The fraction of sp³-hybridized carbons (Fsp3) is 0.556. The van der Waals surface area contributed by atoms with Gasteiger partial charge in [0, 0.05) is 25.1 Å². The monoisotopic (exact) mass is 597 g/mol. The van der Waals surface area contributed by atoms with Gasteiger partial charge in [0.05, 0.1) is 18.6 Å². The smallest absolute Gasteiger partial charge is 0.481 e. The number of carbonyl (C=O) groups is 4. The molecule has 0 spiro atoms. The third-order valence-corrected chi connectivity index (χ3v) is 7.49. The van der Waals surface area contributed by atoms with Crippen molar-refractivity contribution < 1.29 is 47.4 Å². The molecular formula is C27H34F3N5O7. The molecule has 0 aromatic heterocycles. The van der Waals surface area contributed by atoms with Crippen LogP contribution in [-0.4, -0.2) is 81.8 Å². The topological polar surface area (TPSA) is 195 Å². The Balaban J connectivity index is 0.000000616. The predicted molar refractivity (Wildman–Crippen MR) is 143 cm³/mol. The van der Waals surface area contributed by atoms with Gasteiger partial charge in [0.2, 0.25) is 11.8 Å². The van der Waals surface area contributed by atoms with Crippen LogP contribution in [0.2, 0.25) is 0 Å². The molecule has 2 amide bonds. The number of carboxylic acid groups (broad SMARTS) is 2. The van der Waals surface area contributed by atoms with Crippen molar-refractivity contribution in [3.05, 3.63) is 35.4 Å². The molecule has 42 heavy (non-hydrogen) atoms. The quantitative estimate of drug-likeness (QED) is 0.223. The lowest BCUT2D eigenvalue weighted by Gasteiger charge is -2.38. The number of amidine groups is 1. The largest absolute Gasteiger partial charge is 0.490 e. The molecule has 230 valence electrons. The first-order valence-electron chi connectivity index (χ1n) is 13.5. The molecule has 3 heterocycles. The van der Waals surface area contributed by atoms with Crippen LogP contribution < -0.4 is 11.1 Å². The van der Waals surface area contributed by atoms with E-state index in [-0.39, 0.29) is 18.2 Å². The van der Waals surface area contributed by atoms with Crippen molar-refractivity contribution in [2.45, 2.75) is 69.7 Å². The number of nitrogens with zero attached hydrogens (tertiary/aromatic N) is 2. The Labute approximate surface area is 239 Å². The molecule has 1 unspecified atom stereocenters. The van der Waals surface area contributed by atoms with Crippen LogP contribution in [0.3, 0.4) is 0 Å². The molecule has 1 aromatic carbocycles. The number of fused-ring (bicyclic) bond motifs is 5. The van der Waals surface area contributed by atoms with Gasteiger partial charge in [-0.3, -0.25) is 19.8 Å². The van der Waals surface area contributed by atoms with Crippen LogP contribution in [-0.2, 0) is 24.0 Å². The number of rotatable bonds is 8. The average Bonchev–Trinajstić information content (AvgIpc) is 3.36. The van der Waals surface area contributed by atoms with Gasteiger partial charge in [-0.15, -0.1) is 0 Å². The van der Waals surface area contributed by atoms with Crippen molar-refractivity contribution in [1.29, 1.82) is 5.41 Å². The Kier molecular flexibility index (Phi) is 10.9. The molecule has 2 saturated heterocycles. The summed E-state index contributed by atoms with van der Waals surface area (Å²) in [6.07, 6.45) is -0.141. The second kappa shape index (κ2) is 14.1. The van der Waals surface area contributed by atoms with E-state index in [4.69, 9.17) is 25.9 Å². The molecule has 2 atom stereocenters.